The first-order chi connectivity index (χ1) is 17.5. The van der Waals surface area contributed by atoms with Crippen molar-refractivity contribution >= 4 is 34.2 Å². The third-order valence-corrected chi connectivity index (χ3v) is 6.27. The van der Waals surface area contributed by atoms with Gasteiger partial charge in [-0.2, -0.15) is 0 Å². The number of rotatable bonds is 6. The summed E-state index contributed by atoms with van der Waals surface area (Å²) in [5, 5.41) is 4.20. The number of aromatic nitrogens is 1. The summed E-state index contributed by atoms with van der Waals surface area (Å²) in [6.45, 7) is 1.16. The molecule has 2 amide bonds. The number of carbonyl (C=O) groups is 1. The second kappa shape index (κ2) is 10.2. The first kappa shape index (κ1) is 23.6. The molecule has 8 nitrogen and oxygen atoms in total. The van der Waals surface area contributed by atoms with Crippen molar-refractivity contribution < 1.29 is 19.0 Å². The molecule has 4 aromatic rings. The summed E-state index contributed by atoms with van der Waals surface area (Å²) in [7, 11) is 1.54. The van der Waals surface area contributed by atoms with Crippen LogP contribution in [0.3, 0.4) is 0 Å². The van der Waals surface area contributed by atoms with Crippen LogP contribution in [0.2, 0.25) is 5.02 Å². The number of halogens is 1. The molecule has 0 aliphatic carbocycles. The van der Waals surface area contributed by atoms with E-state index < -0.39 is 6.03 Å². The average molecular weight is 506 g/mol. The van der Waals surface area contributed by atoms with Crippen molar-refractivity contribution in [2.24, 2.45) is 0 Å². The topological polar surface area (TPSA) is 92.9 Å². The normalized spacial score (nSPS) is 12.3. The number of pyridine rings is 1. The number of methoxy groups -OCH3 is 1. The molecule has 1 aliphatic rings. The van der Waals surface area contributed by atoms with E-state index in [1.54, 1.807) is 36.4 Å². The smallest absolute Gasteiger partial charge is 0.322 e. The fraction of sp³-hybridized carbons (Fsp3) is 0.185. The number of para-hydroxylation sites is 2. The molecule has 9 heteroatoms. The van der Waals surface area contributed by atoms with E-state index in [2.05, 4.69) is 10.3 Å². The number of aromatic amines is 1. The molecule has 5 rings (SSSR count). The maximum Gasteiger partial charge on any atom is 0.322 e. The van der Waals surface area contributed by atoms with Crippen molar-refractivity contribution in [3.8, 4) is 17.2 Å². The SMILES string of the molecule is COc1ccccc1NC(=O)N(Cc1ccccc1Cl)Cc1cc2cc3c(cc2[nH]c1=O)OCCO3. The highest BCUT2D eigenvalue weighted by Gasteiger charge is 2.20. The monoisotopic (exact) mass is 505 g/mol. The number of H-pyrrole nitrogens is 1. The van der Waals surface area contributed by atoms with Gasteiger partial charge in [0.25, 0.3) is 5.56 Å². The Morgan fingerprint density at radius 2 is 1.69 bits per heavy atom. The molecule has 0 radical (unpaired) electrons. The number of nitrogens with one attached hydrogen (secondary N) is 2. The molecule has 184 valence electrons. The van der Waals surface area contributed by atoms with Gasteiger partial charge >= 0.3 is 6.03 Å². The van der Waals surface area contributed by atoms with E-state index >= 15 is 0 Å². The van der Waals surface area contributed by atoms with Crippen molar-refractivity contribution in [1.82, 2.24) is 9.88 Å². The zero-order valence-electron chi connectivity index (χ0n) is 19.5. The summed E-state index contributed by atoms with van der Waals surface area (Å²) in [6, 6.07) is 19.4. The Bertz CT molecular complexity index is 1490. The fourth-order valence-electron chi connectivity index (χ4n) is 4.09. The van der Waals surface area contributed by atoms with Gasteiger partial charge in [-0.05, 0) is 35.9 Å². The predicted octanol–water partition coefficient (Wildman–Crippen LogP) is 5.20. The van der Waals surface area contributed by atoms with Gasteiger partial charge in [0, 0.05) is 28.6 Å². The summed E-state index contributed by atoms with van der Waals surface area (Å²) >= 11 is 6.39. The molecule has 1 aliphatic heterocycles. The average Bonchev–Trinajstić information content (AvgIpc) is 2.89. The van der Waals surface area contributed by atoms with Crippen LogP contribution in [0.15, 0.2) is 71.5 Å². The number of carbonyl (C=O) groups excluding carboxylic acids is 1. The van der Waals surface area contributed by atoms with Crippen LogP contribution in [0.4, 0.5) is 10.5 Å². The Kier molecular flexibility index (Phi) is 6.69. The van der Waals surface area contributed by atoms with Crippen LogP contribution in [-0.4, -0.2) is 36.2 Å². The van der Waals surface area contributed by atoms with Crippen LogP contribution in [0, 0.1) is 0 Å². The molecule has 1 aromatic heterocycles. The molecule has 2 heterocycles. The lowest BCUT2D eigenvalue weighted by atomic mass is 10.1. The number of ether oxygens (including phenoxy) is 3. The van der Waals surface area contributed by atoms with Gasteiger partial charge in [0.2, 0.25) is 0 Å². The minimum Gasteiger partial charge on any atom is -0.495 e. The molecule has 0 atom stereocenters. The minimum atomic E-state index is -0.402. The Morgan fingerprint density at radius 3 is 2.47 bits per heavy atom. The lowest BCUT2D eigenvalue weighted by Gasteiger charge is -2.24. The van der Waals surface area contributed by atoms with Gasteiger partial charge in [0.05, 0.1) is 24.9 Å². The number of anilines is 1. The molecule has 0 saturated carbocycles. The number of benzene rings is 3. The first-order valence-electron chi connectivity index (χ1n) is 11.4. The van der Waals surface area contributed by atoms with Crippen molar-refractivity contribution in [2.75, 3.05) is 25.6 Å². The van der Waals surface area contributed by atoms with Gasteiger partial charge in [-0.3, -0.25) is 4.79 Å². The van der Waals surface area contributed by atoms with Crippen molar-refractivity contribution in [2.45, 2.75) is 13.1 Å². The second-order valence-corrected chi connectivity index (χ2v) is 8.69. The van der Waals surface area contributed by atoms with E-state index in [-0.39, 0.29) is 18.6 Å². The lowest BCUT2D eigenvalue weighted by Crippen LogP contribution is -2.36. The molecule has 0 spiro atoms. The van der Waals surface area contributed by atoms with E-state index in [1.165, 1.54) is 12.0 Å². The zero-order valence-corrected chi connectivity index (χ0v) is 20.3. The van der Waals surface area contributed by atoms with Crippen molar-refractivity contribution in [3.63, 3.8) is 0 Å². The first-order valence-corrected chi connectivity index (χ1v) is 11.8. The van der Waals surface area contributed by atoms with Crippen LogP contribution in [0.25, 0.3) is 10.9 Å². The van der Waals surface area contributed by atoms with Crippen LogP contribution < -0.4 is 25.1 Å². The van der Waals surface area contributed by atoms with Gasteiger partial charge in [-0.25, -0.2) is 4.79 Å². The Labute approximate surface area is 212 Å². The Morgan fingerprint density at radius 1 is 1.00 bits per heavy atom. The number of nitrogens with zero attached hydrogens (tertiary/aromatic N) is 1. The molecule has 0 fully saturated rings. The van der Waals surface area contributed by atoms with Crippen LogP contribution >= 0.6 is 11.6 Å². The van der Waals surface area contributed by atoms with E-state index in [0.717, 1.165) is 10.9 Å². The molecule has 0 unspecified atom stereocenters. The van der Waals surface area contributed by atoms with Crippen molar-refractivity contribution in [1.29, 1.82) is 0 Å². The quantitative estimate of drug-likeness (QED) is 0.376. The third-order valence-electron chi connectivity index (χ3n) is 5.90. The van der Waals surface area contributed by atoms with Crippen LogP contribution in [0.5, 0.6) is 17.2 Å². The summed E-state index contributed by atoms with van der Waals surface area (Å²) < 4.78 is 16.7. The number of fused-ring (bicyclic) bond motifs is 2. The van der Waals surface area contributed by atoms with Gasteiger partial charge in [-0.1, -0.05) is 41.9 Å². The summed E-state index contributed by atoms with van der Waals surface area (Å²) in [4.78, 5) is 30.9. The Balaban J connectivity index is 1.49. The largest absolute Gasteiger partial charge is 0.495 e. The molecule has 3 aromatic carbocycles. The van der Waals surface area contributed by atoms with Crippen LogP contribution in [0.1, 0.15) is 11.1 Å². The highest BCUT2D eigenvalue weighted by atomic mass is 35.5. The molecule has 2 N–H and O–H groups in total. The number of amides is 2. The molecule has 0 bridgehead atoms. The Hall–Kier alpha value is -4.17. The molecule has 36 heavy (non-hydrogen) atoms. The summed E-state index contributed by atoms with van der Waals surface area (Å²) in [5.74, 6) is 1.74. The van der Waals surface area contributed by atoms with Crippen molar-refractivity contribution in [3.05, 3.63) is 93.2 Å². The molecule has 0 saturated heterocycles. The van der Waals surface area contributed by atoms with Gasteiger partial charge < -0.3 is 29.4 Å². The van der Waals surface area contributed by atoms with Gasteiger partial charge in [0.1, 0.15) is 19.0 Å². The second-order valence-electron chi connectivity index (χ2n) is 8.28. The summed E-state index contributed by atoms with van der Waals surface area (Å²) in [5.41, 5.74) is 2.02. The lowest BCUT2D eigenvalue weighted by molar-refractivity contribution is 0.172. The van der Waals surface area contributed by atoms with E-state index in [0.29, 0.717) is 52.3 Å². The molecular formula is C27H24ClN3O5. The molecular weight excluding hydrogens is 482 g/mol. The maximum atomic E-state index is 13.4. The number of hydrogen-bond donors (Lipinski definition) is 2. The van der Waals surface area contributed by atoms with E-state index in [1.807, 2.05) is 30.3 Å². The van der Waals surface area contributed by atoms with Gasteiger partial charge in [0.15, 0.2) is 11.5 Å². The summed E-state index contributed by atoms with van der Waals surface area (Å²) in [6.07, 6.45) is 0. The number of hydrogen-bond acceptors (Lipinski definition) is 5. The third kappa shape index (κ3) is 4.94. The van der Waals surface area contributed by atoms with Gasteiger partial charge in [-0.15, -0.1) is 0 Å². The standard InChI is InChI=1S/C27H24ClN3O5/c1-34-23-9-5-4-8-21(23)30-27(33)31(15-17-6-2-3-7-20(17)28)16-19-12-18-13-24-25(36-11-10-35-24)14-22(18)29-26(19)32/h2-9,12-14H,10-11,15-16H2,1H3,(H,29,32)(H,30,33). The van der Waals surface area contributed by atoms with Crippen LogP contribution in [-0.2, 0) is 13.1 Å². The predicted molar refractivity (Wildman–Crippen MR) is 138 cm³/mol. The van der Waals surface area contributed by atoms with E-state index in [9.17, 15) is 9.59 Å². The highest BCUT2D eigenvalue weighted by Crippen LogP contribution is 2.34. The maximum absolute atomic E-state index is 13.4. The minimum absolute atomic E-state index is 0.0475. The zero-order chi connectivity index (χ0) is 25.1. The van der Waals surface area contributed by atoms with E-state index in [4.69, 9.17) is 25.8 Å². The number of urea groups is 1. The highest BCUT2D eigenvalue weighted by molar-refractivity contribution is 6.31. The fourth-order valence-corrected chi connectivity index (χ4v) is 4.28.